The molecule has 12 heteroatoms. The van der Waals surface area contributed by atoms with Crippen molar-refractivity contribution in [2.75, 3.05) is 0 Å². The molecule has 0 saturated heterocycles. The molecule has 0 amide bonds. The van der Waals surface area contributed by atoms with Crippen LogP contribution in [0.4, 0.5) is 4.39 Å². The third-order valence-corrected chi connectivity index (χ3v) is 6.36. The summed E-state index contributed by atoms with van der Waals surface area (Å²) in [6.07, 6.45) is 3.31. The van der Waals surface area contributed by atoms with E-state index in [2.05, 4.69) is 24.9 Å². The second-order valence-corrected chi connectivity index (χ2v) is 9.37. The molecular weight excluding hydrogens is 441 g/mol. The Morgan fingerprint density at radius 3 is 2.66 bits per heavy atom. The molecule has 0 spiro atoms. The molecule has 0 aliphatic rings. The monoisotopic (exact) mass is 455 g/mol. The van der Waals surface area contributed by atoms with E-state index in [0.717, 1.165) is 28.2 Å². The molecule has 2 heterocycles. The first-order valence-corrected chi connectivity index (χ1v) is 11.0. The number of carbonyl (C=O) groups excluding carboxylic acids is 1. The summed E-state index contributed by atoms with van der Waals surface area (Å²) in [5, 5.41) is 9.18. The second-order valence-electron chi connectivity index (χ2n) is 5.93. The van der Waals surface area contributed by atoms with E-state index in [4.69, 9.17) is 11.6 Å². The Balaban J connectivity index is 1.58. The first-order valence-electron chi connectivity index (χ1n) is 8.32. The minimum atomic E-state index is -3.91. The van der Waals surface area contributed by atoms with Crippen LogP contribution in [0.1, 0.15) is 32.6 Å². The van der Waals surface area contributed by atoms with Gasteiger partial charge in [0, 0.05) is 12.8 Å². The van der Waals surface area contributed by atoms with E-state index >= 15 is 0 Å². The lowest BCUT2D eigenvalue weighted by atomic mass is 10.2. The van der Waals surface area contributed by atoms with E-state index in [1.54, 1.807) is 0 Å². The van der Waals surface area contributed by atoms with Crippen LogP contribution in [-0.4, -0.2) is 34.4 Å². The number of carbonyl (C=O) groups is 1. The van der Waals surface area contributed by atoms with Crippen LogP contribution >= 0.6 is 22.9 Å². The van der Waals surface area contributed by atoms with E-state index in [0.29, 0.717) is 12.1 Å². The predicted octanol–water partition coefficient (Wildman–Crippen LogP) is 2.72. The third-order valence-electron chi connectivity index (χ3n) is 3.77. The van der Waals surface area contributed by atoms with Crippen molar-refractivity contribution >= 4 is 38.7 Å². The van der Waals surface area contributed by atoms with Crippen molar-refractivity contribution in [2.24, 2.45) is 0 Å². The molecule has 0 aliphatic carbocycles. The summed E-state index contributed by atoms with van der Waals surface area (Å²) in [4.78, 5) is 20.1. The highest BCUT2D eigenvalue weighted by Gasteiger charge is 2.16. The van der Waals surface area contributed by atoms with Crippen molar-refractivity contribution < 1.29 is 17.6 Å². The number of Topliss-reactive ketones (excluding diaryl/α,β-unsaturated/α-hetero) is 1. The van der Waals surface area contributed by atoms with Crippen molar-refractivity contribution in [1.29, 1.82) is 0 Å². The molecule has 0 saturated carbocycles. The normalized spacial score (nSPS) is 11.6. The first kappa shape index (κ1) is 21.4. The van der Waals surface area contributed by atoms with Gasteiger partial charge in [-0.3, -0.25) is 9.78 Å². The van der Waals surface area contributed by atoms with E-state index in [9.17, 15) is 17.6 Å². The number of aromatic nitrogens is 4. The van der Waals surface area contributed by atoms with Crippen LogP contribution in [0.25, 0.3) is 0 Å². The fraction of sp³-hybridized carbons (Fsp3) is 0.235. The maximum Gasteiger partial charge on any atom is 0.240 e. The lowest BCUT2D eigenvalue weighted by molar-refractivity contribution is 0.0977. The molecule has 0 atom stereocenters. The van der Waals surface area contributed by atoms with Gasteiger partial charge >= 0.3 is 0 Å². The fourth-order valence-electron chi connectivity index (χ4n) is 2.27. The smallest absolute Gasteiger partial charge is 0.240 e. The largest absolute Gasteiger partial charge is 0.292 e. The van der Waals surface area contributed by atoms with Crippen LogP contribution in [0, 0.1) is 12.7 Å². The highest BCUT2D eigenvalue weighted by atomic mass is 35.5. The molecule has 1 N–H and O–H groups in total. The van der Waals surface area contributed by atoms with E-state index in [1.165, 1.54) is 23.7 Å². The summed E-state index contributed by atoms with van der Waals surface area (Å²) in [7, 11) is -3.91. The van der Waals surface area contributed by atoms with Gasteiger partial charge in [-0.1, -0.05) is 11.6 Å². The predicted molar refractivity (Wildman–Crippen MR) is 105 cm³/mol. The number of rotatable bonds is 8. The highest BCUT2D eigenvalue weighted by Crippen LogP contribution is 2.19. The molecule has 0 radical (unpaired) electrons. The average Bonchev–Trinajstić information content (AvgIpc) is 3.12. The van der Waals surface area contributed by atoms with Crippen molar-refractivity contribution in [2.45, 2.75) is 31.2 Å². The summed E-state index contributed by atoms with van der Waals surface area (Å²) >= 11 is 7.05. The topological polar surface area (TPSA) is 115 Å². The molecule has 0 unspecified atom stereocenters. The molecule has 152 valence electrons. The zero-order chi connectivity index (χ0) is 21.0. The maximum atomic E-state index is 13.2. The fourth-order valence-corrected chi connectivity index (χ4v) is 4.25. The quantitative estimate of drug-likeness (QED) is 0.519. The van der Waals surface area contributed by atoms with Crippen LogP contribution in [0.3, 0.4) is 0 Å². The summed E-state index contributed by atoms with van der Waals surface area (Å²) in [5.74, 6) is -0.906. The Bertz CT molecular complexity index is 1140. The van der Waals surface area contributed by atoms with Gasteiger partial charge in [-0.05, 0) is 25.1 Å². The minimum Gasteiger partial charge on any atom is -0.292 e. The molecule has 0 bridgehead atoms. The Labute approximate surface area is 175 Å². The zero-order valence-corrected chi connectivity index (χ0v) is 17.5. The van der Waals surface area contributed by atoms with Gasteiger partial charge in [-0.25, -0.2) is 22.5 Å². The van der Waals surface area contributed by atoms with E-state index in [1.807, 2.05) is 6.92 Å². The molecule has 8 nitrogen and oxygen atoms in total. The number of sulfonamides is 1. The molecule has 0 aliphatic heterocycles. The Morgan fingerprint density at radius 2 is 2.03 bits per heavy atom. The zero-order valence-electron chi connectivity index (χ0n) is 15.1. The van der Waals surface area contributed by atoms with E-state index in [-0.39, 0.29) is 34.4 Å². The van der Waals surface area contributed by atoms with Gasteiger partial charge < -0.3 is 0 Å². The van der Waals surface area contributed by atoms with Crippen LogP contribution in [-0.2, 0) is 23.0 Å². The summed E-state index contributed by atoms with van der Waals surface area (Å²) in [6, 6.07) is 3.10. The summed E-state index contributed by atoms with van der Waals surface area (Å²) in [6.45, 7) is 1.69. The molecular formula is C17H15ClFN5O3S2. The molecule has 3 rings (SSSR count). The number of aryl methyl sites for hydroxylation is 2. The van der Waals surface area contributed by atoms with E-state index < -0.39 is 15.8 Å². The van der Waals surface area contributed by atoms with Crippen molar-refractivity contribution in [3.8, 4) is 0 Å². The lowest BCUT2D eigenvalue weighted by Gasteiger charge is -2.07. The standard InChI is InChI=1S/C17H15ClFN5O3S2/c1-10-23-24-17(28-10)5-4-16(25)15-9-20-11(7-21-15)8-22-29(26,27)12-2-3-14(19)13(18)6-12/h2-3,6-7,9,22H,4-5,8H2,1H3. The number of benzene rings is 1. The summed E-state index contributed by atoms with van der Waals surface area (Å²) < 4.78 is 40.0. The van der Waals surface area contributed by atoms with Crippen LogP contribution in [0.5, 0.6) is 0 Å². The summed E-state index contributed by atoms with van der Waals surface area (Å²) in [5.41, 5.74) is 0.501. The molecule has 3 aromatic rings. The maximum absolute atomic E-state index is 13.2. The van der Waals surface area contributed by atoms with Crippen LogP contribution in [0.15, 0.2) is 35.5 Å². The second kappa shape index (κ2) is 8.99. The van der Waals surface area contributed by atoms with Crippen LogP contribution in [0.2, 0.25) is 5.02 Å². The van der Waals surface area contributed by atoms with Gasteiger partial charge in [-0.2, -0.15) is 0 Å². The van der Waals surface area contributed by atoms with Crippen molar-refractivity contribution in [3.05, 3.63) is 62.8 Å². The molecule has 29 heavy (non-hydrogen) atoms. The molecule has 1 aromatic carbocycles. The highest BCUT2D eigenvalue weighted by molar-refractivity contribution is 7.89. The third kappa shape index (κ3) is 5.60. The Hall–Kier alpha value is -2.34. The van der Waals surface area contributed by atoms with Crippen molar-refractivity contribution in [3.63, 3.8) is 0 Å². The van der Waals surface area contributed by atoms with Gasteiger partial charge in [-0.15, -0.1) is 21.5 Å². The van der Waals surface area contributed by atoms with Crippen molar-refractivity contribution in [1.82, 2.24) is 24.9 Å². The van der Waals surface area contributed by atoms with Gasteiger partial charge in [0.1, 0.15) is 21.5 Å². The Kier molecular flexibility index (Phi) is 6.63. The van der Waals surface area contributed by atoms with Gasteiger partial charge in [0.15, 0.2) is 5.78 Å². The number of ketones is 1. The number of halogens is 2. The van der Waals surface area contributed by atoms with Gasteiger partial charge in [0.2, 0.25) is 10.0 Å². The van der Waals surface area contributed by atoms with Crippen LogP contribution < -0.4 is 4.72 Å². The van der Waals surface area contributed by atoms with Gasteiger partial charge in [0.05, 0.1) is 34.6 Å². The number of hydrogen-bond acceptors (Lipinski definition) is 8. The molecule has 2 aromatic heterocycles. The SMILES string of the molecule is Cc1nnc(CCC(=O)c2cnc(CNS(=O)(=O)c3ccc(F)c(Cl)c3)cn2)s1. The number of nitrogens with one attached hydrogen (secondary N) is 1. The first-order chi connectivity index (χ1) is 13.7. The van der Waals surface area contributed by atoms with Gasteiger partial charge in [0.25, 0.3) is 0 Å². The Morgan fingerprint density at radius 1 is 1.24 bits per heavy atom. The number of hydrogen-bond donors (Lipinski definition) is 1. The average molecular weight is 456 g/mol. The minimum absolute atomic E-state index is 0.150. The molecule has 0 fully saturated rings. The number of nitrogens with zero attached hydrogens (tertiary/aromatic N) is 4. The lowest BCUT2D eigenvalue weighted by Crippen LogP contribution is -2.24.